The van der Waals surface area contributed by atoms with Gasteiger partial charge in [-0.15, -0.1) is 0 Å². The Labute approximate surface area is 162 Å². The molecule has 0 saturated carbocycles. The summed E-state index contributed by atoms with van der Waals surface area (Å²) in [4.78, 5) is 26.5. The first-order valence-corrected chi connectivity index (χ1v) is 9.37. The lowest BCUT2D eigenvalue weighted by Crippen LogP contribution is -2.45. The molecule has 2 aromatic rings. The van der Waals surface area contributed by atoms with Gasteiger partial charge < -0.3 is 23.9 Å². The number of aliphatic carboxylic acids is 1. The number of carboxylic acids is 1. The zero-order valence-electron chi connectivity index (χ0n) is 15.7. The zero-order chi connectivity index (χ0) is 19.7. The van der Waals surface area contributed by atoms with Gasteiger partial charge in [-0.3, -0.25) is 9.59 Å². The van der Waals surface area contributed by atoms with Crippen molar-refractivity contribution in [1.82, 2.24) is 4.90 Å². The molecule has 7 heteroatoms. The van der Waals surface area contributed by atoms with E-state index in [2.05, 4.69) is 0 Å². The van der Waals surface area contributed by atoms with E-state index in [1.54, 1.807) is 11.0 Å². The van der Waals surface area contributed by atoms with Gasteiger partial charge in [0, 0.05) is 31.2 Å². The maximum atomic E-state index is 13.0. The first-order valence-electron chi connectivity index (χ1n) is 9.37. The van der Waals surface area contributed by atoms with Crippen molar-refractivity contribution in [2.45, 2.75) is 20.0 Å². The van der Waals surface area contributed by atoms with Crippen molar-refractivity contribution in [1.29, 1.82) is 0 Å². The SMILES string of the molecule is Cc1cc(COc2ccccc2)oc1C(=O)N1C[C@@H]2COCC[C@]2(C(=O)O)C1. The highest BCUT2D eigenvalue weighted by molar-refractivity contribution is 5.94. The van der Waals surface area contributed by atoms with Crippen LogP contribution >= 0.6 is 0 Å². The summed E-state index contributed by atoms with van der Waals surface area (Å²) in [5.41, 5.74) is -0.208. The Morgan fingerprint density at radius 2 is 2.11 bits per heavy atom. The Morgan fingerprint density at radius 3 is 2.82 bits per heavy atom. The van der Waals surface area contributed by atoms with Crippen LogP contribution in [0.4, 0.5) is 0 Å². The molecule has 0 bridgehead atoms. The van der Waals surface area contributed by atoms with Crippen molar-refractivity contribution < 1.29 is 28.6 Å². The number of amides is 1. The molecular weight excluding hydrogens is 362 g/mol. The molecule has 1 amide bonds. The number of para-hydroxylation sites is 1. The van der Waals surface area contributed by atoms with E-state index in [4.69, 9.17) is 13.9 Å². The fourth-order valence-electron chi connectivity index (χ4n) is 4.10. The van der Waals surface area contributed by atoms with Gasteiger partial charge in [0.1, 0.15) is 18.1 Å². The number of likely N-dealkylation sites (tertiary alicyclic amines) is 1. The van der Waals surface area contributed by atoms with Crippen molar-refractivity contribution in [2.75, 3.05) is 26.3 Å². The lowest BCUT2D eigenvalue weighted by atomic mass is 9.74. The minimum absolute atomic E-state index is 0.186. The summed E-state index contributed by atoms with van der Waals surface area (Å²) in [5, 5.41) is 9.77. The molecule has 0 unspecified atom stereocenters. The summed E-state index contributed by atoms with van der Waals surface area (Å²) in [7, 11) is 0. The quantitative estimate of drug-likeness (QED) is 0.851. The van der Waals surface area contributed by atoms with Crippen molar-refractivity contribution in [3.63, 3.8) is 0 Å². The van der Waals surface area contributed by atoms with Gasteiger partial charge in [-0.05, 0) is 31.5 Å². The summed E-state index contributed by atoms with van der Waals surface area (Å²) >= 11 is 0. The predicted molar refractivity (Wildman–Crippen MR) is 99.1 cm³/mol. The number of ether oxygens (including phenoxy) is 2. The smallest absolute Gasteiger partial charge is 0.311 e. The van der Waals surface area contributed by atoms with E-state index in [0.717, 1.165) is 5.75 Å². The van der Waals surface area contributed by atoms with Gasteiger partial charge in [0.15, 0.2) is 5.76 Å². The summed E-state index contributed by atoms with van der Waals surface area (Å²) in [6.45, 7) is 3.34. The van der Waals surface area contributed by atoms with Gasteiger partial charge >= 0.3 is 5.97 Å². The normalized spacial score (nSPS) is 24.0. The van der Waals surface area contributed by atoms with Crippen LogP contribution in [-0.2, 0) is 16.1 Å². The molecule has 3 heterocycles. The molecule has 2 aliphatic rings. The number of furan rings is 1. The lowest BCUT2D eigenvalue weighted by molar-refractivity contribution is -0.157. The summed E-state index contributed by atoms with van der Waals surface area (Å²) in [6, 6.07) is 11.2. The van der Waals surface area contributed by atoms with Gasteiger partial charge in [-0.2, -0.15) is 0 Å². The van der Waals surface area contributed by atoms with Gasteiger partial charge in [-0.1, -0.05) is 18.2 Å². The summed E-state index contributed by atoms with van der Waals surface area (Å²) < 4.78 is 16.9. The Balaban J connectivity index is 1.48. The van der Waals surface area contributed by atoms with Crippen LogP contribution in [0.15, 0.2) is 40.8 Å². The molecule has 0 radical (unpaired) electrons. The number of carbonyl (C=O) groups excluding carboxylic acids is 1. The monoisotopic (exact) mass is 385 g/mol. The largest absolute Gasteiger partial charge is 0.486 e. The molecular formula is C21H23NO6. The molecule has 2 saturated heterocycles. The number of benzene rings is 1. The average Bonchev–Trinajstić information content (AvgIpc) is 3.28. The standard InChI is InChI=1S/C21H23NO6/c1-14-9-17(12-27-16-5-3-2-4-6-16)28-18(14)19(23)22-10-15-11-26-8-7-21(15,13-22)20(24)25/h2-6,9,15H,7-8,10-13H2,1H3,(H,24,25)/t15-,21+/m1/s1. The highest BCUT2D eigenvalue weighted by Gasteiger charge is 2.55. The van der Waals surface area contributed by atoms with E-state index in [-0.39, 0.29) is 30.7 Å². The zero-order valence-corrected chi connectivity index (χ0v) is 15.7. The van der Waals surface area contributed by atoms with E-state index in [9.17, 15) is 14.7 Å². The van der Waals surface area contributed by atoms with E-state index < -0.39 is 11.4 Å². The van der Waals surface area contributed by atoms with Crippen LogP contribution in [0.25, 0.3) is 0 Å². The molecule has 7 nitrogen and oxygen atoms in total. The average molecular weight is 385 g/mol. The third kappa shape index (κ3) is 3.26. The van der Waals surface area contributed by atoms with E-state index in [1.165, 1.54) is 0 Å². The van der Waals surface area contributed by atoms with Crippen molar-refractivity contribution in [2.24, 2.45) is 11.3 Å². The maximum absolute atomic E-state index is 13.0. The summed E-state index contributed by atoms with van der Waals surface area (Å²) in [6.07, 6.45) is 0.421. The van der Waals surface area contributed by atoms with E-state index in [1.807, 2.05) is 37.3 Å². The number of aryl methyl sites for hydroxylation is 1. The predicted octanol–water partition coefficient (Wildman–Crippen LogP) is 2.73. The van der Waals surface area contributed by atoms with Gasteiger partial charge in [0.25, 0.3) is 5.91 Å². The maximum Gasteiger partial charge on any atom is 0.311 e. The highest BCUT2D eigenvalue weighted by atomic mass is 16.5. The molecule has 1 aromatic carbocycles. The molecule has 0 aliphatic carbocycles. The van der Waals surface area contributed by atoms with Gasteiger partial charge in [0.2, 0.25) is 0 Å². The minimum atomic E-state index is -0.923. The van der Waals surface area contributed by atoms with Crippen molar-refractivity contribution in [3.8, 4) is 5.75 Å². The topological polar surface area (TPSA) is 89.2 Å². The molecule has 4 rings (SSSR count). The van der Waals surface area contributed by atoms with Gasteiger partial charge in [0.05, 0.1) is 12.0 Å². The molecule has 2 fully saturated rings. The van der Waals surface area contributed by atoms with Crippen LogP contribution in [0, 0.1) is 18.3 Å². The second-order valence-corrected chi connectivity index (χ2v) is 7.50. The number of hydrogen-bond donors (Lipinski definition) is 1. The first kappa shape index (κ1) is 18.6. The second-order valence-electron chi connectivity index (χ2n) is 7.50. The fourth-order valence-corrected chi connectivity index (χ4v) is 4.10. The number of hydrogen-bond acceptors (Lipinski definition) is 5. The van der Waals surface area contributed by atoms with Crippen LogP contribution in [0.3, 0.4) is 0 Å². The van der Waals surface area contributed by atoms with Crippen LogP contribution in [0.1, 0.15) is 28.3 Å². The van der Waals surface area contributed by atoms with Crippen LogP contribution < -0.4 is 4.74 Å². The van der Waals surface area contributed by atoms with Crippen LogP contribution in [0.5, 0.6) is 5.75 Å². The van der Waals surface area contributed by atoms with E-state index >= 15 is 0 Å². The third-order valence-corrected chi connectivity index (χ3v) is 5.71. The Hall–Kier alpha value is -2.80. The summed E-state index contributed by atoms with van der Waals surface area (Å²) in [5.74, 6) is 0.183. The molecule has 148 valence electrons. The molecule has 28 heavy (non-hydrogen) atoms. The molecule has 1 aromatic heterocycles. The Bertz CT molecular complexity index is 876. The van der Waals surface area contributed by atoms with Gasteiger partial charge in [-0.25, -0.2) is 0 Å². The fraction of sp³-hybridized carbons (Fsp3) is 0.429. The molecule has 1 N–H and O–H groups in total. The lowest BCUT2D eigenvalue weighted by Gasteiger charge is -2.33. The van der Waals surface area contributed by atoms with Crippen LogP contribution in [-0.4, -0.2) is 48.2 Å². The molecule has 2 aliphatic heterocycles. The second kappa shape index (κ2) is 7.31. The Kier molecular flexibility index (Phi) is 4.85. The number of carboxylic acid groups (broad SMARTS) is 1. The number of carbonyl (C=O) groups is 2. The first-order chi connectivity index (χ1) is 13.5. The molecule has 2 atom stereocenters. The number of fused-ring (bicyclic) bond motifs is 1. The minimum Gasteiger partial charge on any atom is -0.486 e. The van der Waals surface area contributed by atoms with Crippen molar-refractivity contribution >= 4 is 11.9 Å². The third-order valence-electron chi connectivity index (χ3n) is 5.71. The van der Waals surface area contributed by atoms with E-state index in [0.29, 0.717) is 37.5 Å². The Morgan fingerprint density at radius 1 is 1.32 bits per heavy atom. The number of nitrogens with zero attached hydrogens (tertiary/aromatic N) is 1. The molecule has 0 spiro atoms. The van der Waals surface area contributed by atoms with Crippen molar-refractivity contribution in [3.05, 3.63) is 53.5 Å². The van der Waals surface area contributed by atoms with Crippen LogP contribution in [0.2, 0.25) is 0 Å². The number of rotatable bonds is 5. The highest BCUT2D eigenvalue weighted by Crippen LogP contribution is 2.43.